The smallest absolute Gasteiger partial charge is 0.319 e. The Balaban J connectivity index is 1.27. The van der Waals surface area contributed by atoms with E-state index in [2.05, 4.69) is 16.0 Å². The number of urea groups is 1. The zero-order chi connectivity index (χ0) is 22.5. The summed E-state index contributed by atoms with van der Waals surface area (Å²) in [5, 5.41) is 8.51. The summed E-state index contributed by atoms with van der Waals surface area (Å²) in [4.78, 5) is 24.7. The number of halogens is 1. The standard InChI is InChI=1S/C25H24FN3O3/c1-16-3-2-4-23-22(16)13-21(15-32-23)29-25(31)28-20-11-7-18(8-12-20)24(30)27-14-17-5-9-19(26)10-6-17/h2-12,21H,13-15H2,1H3,(H,27,30)(H2,28,29,31). The van der Waals surface area contributed by atoms with Gasteiger partial charge in [-0.3, -0.25) is 4.79 Å². The Hall–Kier alpha value is -3.87. The molecule has 4 rings (SSSR count). The van der Waals surface area contributed by atoms with E-state index in [0.29, 0.717) is 30.8 Å². The molecular weight excluding hydrogens is 409 g/mol. The van der Waals surface area contributed by atoms with Gasteiger partial charge in [-0.15, -0.1) is 0 Å². The molecule has 1 aliphatic heterocycles. The lowest BCUT2D eigenvalue weighted by Gasteiger charge is -2.27. The number of rotatable bonds is 5. The second kappa shape index (κ2) is 9.51. The minimum atomic E-state index is -0.329. The van der Waals surface area contributed by atoms with Crippen LogP contribution in [0.25, 0.3) is 0 Å². The first-order valence-corrected chi connectivity index (χ1v) is 10.4. The number of ether oxygens (including phenoxy) is 1. The third-order valence-electron chi connectivity index (χ3n) is 5.36. The molecule has 7 heteroatoms. The summed E-state index contributed by atoms with van der Waals surface area (Å²) in [6.45, 7) is 2.74. The van der Waals surface area contributed by atoms with Crippen LogP contribution in [0.2, 0.25) is 0 Å². The fourth-order valence-electron chi connectivity index (χ4n) is 3.60. The van der Waals surface area contributed by atoms with Gasteiger partial charge in [0.1, 0.15) is 18.2 Å². The van der Waals surface area contributed by atoms with E-state index in [1.165, 1.54) is 12.1 Å². The number of carbonyl (C=O) groups excluding carboxylic acids is 2. The predicted octanol–water partition coefficient (Wildman–Crippen LogP) is 4.19. The van der Waals surface area contributed by atoms with Gasteiger partial charge in [0.15, 0.2) is 0 Å². The van der Waals surface area contributed by atoms with E-state index in [9.17, 15) is 14.0 Å². The van der Waals surface area contributed by atoms with Crippen molar-refractivity contribution in [2.75, 3.05) is 11.9 Å². The second-order valence-electron chi connectivity index (χ2n) is 7.75. The van der Waals surface area contributed by atoms with Crippen molar-refractivity contribution in [2.45, 2.75) is 25.9 Å². The summed E-state index contributed by atoms with van der Waals surface area (Å²) in [5.74, 6) is 0.304. The molecule has 3 aromatic carbocycles. The Labute approximate surface area is 185 Å². The van der Waals surface area contributed by atoms with Crippen molar-refractivity contribution in [2.24, 2.45) is 0 Å². The first kappa shape index (κ1) is 21.4. The van der Waals surface area contributed by atoms with Crippen LogP contribution in [-0.2, 0) is 13.0 Å². The Morgan fingerprint density at radius 2 is 1.78 bits per heavy atom. The monoisotopic (exact) mass is 433 g/mol. The highest BCUT2D eigenvalue weighted by Gasteiger charge is 2.22. The van der Waals surface area contributed by atoms with E-state index in [-0.39, 0.29) is 23.8 Å². The van der Waals surface area contributed by atoms with E-state index in [1.54, 1.807) is 36.4 Å². The number of anilines is 1. The van der Waals surface area contributed by atoms with Crippen LogP contribution < -0.4 is 20.7 Å². The summed E-state index contributed by atoms with van der Waals surface area (Å²) in [6, 6.07) is 18.0. The number of benzene rings is 3. The van der Waals surface area contributed by atoms with Crippen LogP contribution in [0.1, 0.15) is 27.0 Å². The van der Waals surface area contributed by atoms with Gasteiger partial charge in [-0.05, 0) is 72.5 Å². The lowest BCUT2D eigenvalue weighted by atomic mass is 9.98. The molecule has 0 spiro atoms. The van der Waals surface area contributed by atoms with E-state index < -0.39 is 0 Å². The number of amides is 3. The summed E-state index contributed by atoms with van der Waals surface area (Å²) in [5.41, 5.74) is 4.10. The van der Waals surface area contributed by atoms with Crippen LogP contribution in [0.3, 0.4) is 0 Å². The summed E-state index contributed by atoms with van der Waals surface area (Å²) < 4.78 is 18.7. The quantitative estimate of drug-likeness (QED) is 0.565. The molecule has 0 saturated heterocycles. The van der Waals surface area contributed by atoms with Crippen molar-refractivity contribution in [3.8, 4) is 5.75 Å². The van der Waals surface area contributed by atoms with Crippen molar-refractivity contribution in [3.63, 3.8) is 0 Å². The average molecular weight is 433 g/mol. The van der Waals surface area contributed by atoms with Gasteiger partial charge < -0.3 is 20.7 Å². The van der Waals surface area contributed by atoms with Crippen molar-refractivity contribution >= 4 is 17.6 Å². The molecule has 0 fully saturated rings. The van der Waals surface area contributed by atoms with Gasteiger partial charge >= 0.3 is 6.03 Å². The molecular formula is C25H24FN3O3. The Morgan fingerprint density at radius 1 is 1.03 bits per heavy atom. The molecule has 1 aliphatic rings. The maximum Gasteiger partial charge on any atom is 0.319 e. The number of aryl methyl sites for hydroxylation is 1. The lowest BCUT2D eigenvalue weighted by molar-refractivity contribution is 0.0951. The Morgan fingerprint density at radius 3 is 2.53 bits per heavy atom. The third kappa shape index (κ3) is 5.24. The molecule has 0 bridgehead atoms. The van der Waals surface area contributed by atoms with Gasteiger partial charge in [-0.25, -0.2) is 9.18 Å². The van der Waals surface area contributed by atoms with Crippen molar-refractivity contribution in [3.05, 3.63) is 94.8 Å². The highest BCUT2D eigenvalue weighted by Crippen LogP contribution is 2.27. The fraction of sp³-hybridized carbons (Fsp3) is 0.200. The van der Waals surface area contributed by atoms with E-state index in [1.807, 2.05) is 25.1 Å². The van der Waals surface area contributed by atoms with Crippen LogP contribution in [-0.4, -0.2) is 24.6 Å². The molecule has 0 aromatic heterocycles. The molecule has 164 valence electrons. The molecule has 6 nitrogen and oxygen atoms in total. The molecule has 3 aromatic rings. The van der Waals surface area contributed by atoms with Gasteiger partial charge in [-0.2, -0.15) is 0 Å². The first-order chi connectivity index (χ1) is 15.5. The predicted molar refractivity (Wildman–Crippen MR) is 120 cm³/mol. The first-order valence-electron chi connectivity index (χ1n) is 10.4. The summed E-state index contributed by atoms with van der Waals surface area (Å²) >= 11 is 0. The summed E-state index contributed by atoms with van der Waals surface area (Å²) in [7, 11) is 0. The second-order valence-corrected chi connectivity index (χ2v) is 7.75. The molecule has 1 unspecified atom stereocenters. The largest absolute Gasteiger partial charge is 0.491 e. The van der Waals surface area contributed by atoms with Gasteiger partial charge in [0.05, 0.1) is 6.04 Å². The SMILES string of the molecule is Cc1cccc2c1CC(NC(=O)Nc1ccc(C(=O)NCc3ccc(F)cc3)cc1)CO2. The minimum absolute atomic E-state index is 0.125. The van der Waals surface area contributed by atoms with Crippen LogP contribution in [0.15, 0.2) is 66.7 Å². The zero-order valence-corrected chi connectivity index (χ0v) is 17.7. The Kier molecular flexibility index (Phi) is 6.35. The highest BCUT2D eigenvalue weighted by molar-refractivity contribution is 5.95. The molecule has 1 heterocycles. The fourth-order valence-corrected chi connectivity index (χ4v) is 3.60. The zero-order valence-electron chi connectivity index (χ0n) is 17.7. The van der Waals surface area contributed by atoms with Gasteiger partial charge in [0.2, 0.25) is 0 Å². The van der Waals surface area contributed by atoms with Crippen LogP contribution in [0.4, 0.5) is 14.9 Å². The average Bonchev–Trinajstić information content (AvgIpc) is 2.79. The lowest BCUT2D eigenvalue weighted by Crippen LogP contribution is -2.44. The minimum Gasteiger partial charge on any atom is -0.491 e. The number of hydrogen-bond donors (Lipinski definition) is 3. The van der Waals surface area contributed by atoms with Crippen molar-refractivity contribution < 1.29 is 18.7 Å². The molecule has 0 aliphatic carbocycles. The summed E-state index contributed by atoms with van der Waals surface area (Å²) in [6.07, 6.45) is 0.711. The van der Waals surface area contributed by atoms with E-state index >= 15 is 0 Å². The number of hydrogen-bond acceptors (Lipinski definition) is 3. The number of carbonyl (C=O) groups is 2. The molecule has 3 amide bonds. The molecule has 1 atom stereocenters. The molecule has 3 N–H and O–H groups in total. The van der Waals surface area contributed by atoms with Gasteiger partial charge in [-0.1, -0.05) is 24.3 Å². The van der Waals surface area contributed by atoms with Crippen molar-refractivity contribution in [1.82, 2.24) is 10.6 Å². The van der Waals surface area contributed by atoms with Gasteiger partial charge in [0, 0.05) is 17.8 Å². The normalized spacial score (nSPS) is 14.6. The van der Waals surface area contributed by atoms with Crippen LogP contribution in [0, 0.1) is 12.7 Å². The molecule has 32 heavy (non-hydrogen) atoms. The van der Waals surface area contributed by atoms with E-state index in [0.717, 1.165) is 22.4 Å². The number of nitrogens with one attached hydrogen (secondary N) is 3. The topological polar surface area (TPSA) is 79.5 Å². The van der Waals surface area contributed by atoms with Crippen LogP contribution in [0.5, 0.6) is 5.75 Å². The maximum atomic E-state index is 13.0. The van der Waals surface area contributed by atoms with Crippen molar-refractivity contribution in [1.29, 1.82) is 0 Å². The number of fused-ring (bicyclic) bond motifs is 1. The van der Waals surface area contributed by atoms with E-state index in [4.69, 9.17) is 4.74 Å². The molecule has 0 radical (unpaired) electrons. The highest BCUT2D eigenvalue weighted by atomic mass is 19.1. The van der Waals surface area contributed by atoms with Crippen LogP contribution >= 0.6 is 0 Å². The Bertz CT molecular complexity index is 1110. The maximum absolute atomic E-state index is 13.0. The van der Waals surface area contributed by atoms with Gasteiger partial charge in [0.25, 0.3) is 5.91 Å². The molecule has 0 saturated carbocycles. The third-order valence-corrected chi connectivity index (χ3v) is 5.36.